The number of rotatable bonds is 3. The summed E-state index contributed by atoms with van der Waals surface area (Å²) in [5.41, 5.74) is 0.666. The number of ether oxygens (including phenoxy) is 2. The molecule has 0 saturated heterocycles. The molecule has 0 aromatic heterocycles. The fraction of sp³-hybridized carbons (Fsp3) is 0.200. The Balaban J connectivity index is 2.27. The third-order valence-corrected chi connectivity index (χ3v) is 2.93. The Morgan fingerprint density at radius 3 is 2.85 bits per heavy atom. The highest BCUT2D eigenvalue weighted by atomic mass is 35.5. The summed E-state index contributed by atoms with van der Waals surface area (Å²) in [6, 6.07) is 6.98. The molecule has 1 aliphatic rings. The van der Waals surface area contributed by atoms with Crippen LogP contribution in [-0.2, 0) is 19.1 Å². The largest absolute Gasteiger partial charge is 0.462 e. The maximum Gasteiger partial charge on any atom is 0.345 e. The van der Waals surface area contributed by atoms with Gasteiger partial charge in [-0.25, -0.2) is 4.79 Å². The van der Waals surface area contributed by atoms with Crippen LogP contribution in [0.4, 0.5) is 0 Å². The minimum absolute atomic E-state index is 0.0554. The second kappa shape index (κ2) is 5.92. The summed E-state index contributed by atoms with van der Waals surface area (Å²) in [7, 11) is 0. The van der Waals surface area contributed by atoms with E-state index in [0.29, 0.717) is 5.02 Å². The van der Waals surface area contributed by atoms with Gasteiger partial charge in [-0.15, -0.1) is 0 Å². The fourth-order valence-electron chi connectivity index (χ4n) is 1.83. The van der Waals surface area contributed by atoms with Gasteiger partial charge < -0.3 is 9.47 Å². The molecule has 5 heteroatoms. The van der Waals surface area contributed by atoms with Crippen LogP contribution >= 0.6 is 11.6 Å². The summed E-state index contributed by atoms with van der Waals surface area (Å²) < 4.78 is 10.2. The van der Waals surface area contributed by atoms with E-state index in [0.717, 1.165) is 5.56 Å². The van der Waals surface area contributed by atoms with Crippen molar-refractivity contribution in [2.45, 2.75) is 13.8 Å². The van der Waals surface area contributed by atoms with Crippen molar-refractivity contribution in [2.75, 3.05) is 6.61 Å². The van der Waals surface area contributed by atoms with E-state index in [1.54, 1.807) is 44.2 Å². The van der Waals surface area contributed by atoms with Crippen molar-refractivity contribution in [1.82, 2.24) is 0 Å². The van der Waals surface area contributed by atoms with Gasteiger partial charge in [0.1, 0.15) is 11.3 Å². The molecule has 0 unspecified atom stereocenters. The van der Waals surface area contributed by atoms with Crippen LogP contribution in [0.1, 0.15) is 19.4 Å². The number of ketones is 1. The molecular formula is C15H13ClO4. The van der Waals surface area contributed by atoms with Crippen molar-refractivity contribution in [1.29, 1.82) is 0 Å². The smallest absolute Gasteiger partial charge is 0.345 e. The maximum absolute atomic E-state index is 12.1. The Morgan fingerprint density at radius 1 is 1.45 bits per heavy atom. The summed E-state index contributed by atoms with van der Waals surface area (Å²) in [4.78, 5) is 23.8. The van der Waals surface area contributed by atoms with E-state index in [4.69, 9.17) is 21.1 Å². The van der Waals surface area contributed by atoms with Gasteiger partial charge >= 0.3 is 5.97 Å². The van der Waals surface area contributed by atoms with Crippen LogP contribution in [0, 0.1) is 0 Å². The van der Waals surface area contributed by atoms with Gasteiger partial charge in [-0.2, -0.15) is 0 Å². The van der Waals surface area contributed by atoms with Crippen molar-refractivity contribution in [3.8, 4) is 0 Å². The molecule has 1 aliphatic heterocycles. The number of esters is 1. The number of allylic oxidation sites excluding steroid dienone is 2. The molecule has 0 aliphatic carbocycles. The maximum atomic E-state index is 12.1. The van der Waals surface area contributed by atoms with Crippen molar-refractivity contribution in [3.05, 3.63) is 51.9 Å². The van der Waals surface area contributed by atoms with Crippen molar-refractivity contribution >= 4 is 29.4 Å². The topological polar surface area (TPSA) is 52.6 Å². The molecule has 20 heavy (non-hydrogen) atoms. The molecule has 0 saturated carbocycles. The van der Waals surface area contributed by atoms with Gasteiger partial charge in [0.15, 0.2) is 5.76 Å². The minimum Gasteiger partial charge on any atom is -0.462 e. The van der Waals surface area contributed by atoms with Crippen molar-refractivity contribution < 1.29 is 19.1 Å². The Morgan fingerprint density at radius 2 is 2.20 bits per heavy atom. The lowest BCUT2D eigenvalue weighted by molar-refractivity contribution is -0.139. The third kappa shape index (κ3) is 2.91. The first-order chi connectivity index (χ1) is 9.52. The number of Topliss-reactive ketones (excluding diaryl/α,β-unsaturated/α-hetero) is 1. The van der Waals surface area contributed by atoms with E-state index in [2.05, 4.69) is 0 Å². The molecule has 2 rings (SSSR count). The second-order valence-corrected chi connectivity index (χ2v) is 4.58. The summed E-state index contributed by atoms with van der Waals surface area (Å²) in [5.74, 6) is -0.792. The molecule has 1 aromatic rings. The van der Waals surface area contributed by atoms with Gasteiger partial charge in [0, 0.05) is 5.02 Å². The Hall–Kier alpha value is -2.07. The molecule has 0 N–H and O–H groups in total. The minimum atomic E-state index is -0.663. The lowest BCUT2D eigenvalue weighted by atomic mass is 10.1. The first-order valence-corrected chi connectivity index (χ1v) is 6.48. The summed E-state index contributed by atoms with van der Waals surface area (Å²) in [6.45, 7) is 3.44. The standard InChI is InChI=1S/C15H13ClO4/c1-3-19-15(18)13-9(2)20-12(14(13)17)8-10-5-4-6-11(16)7-10/h4-8H,3H2,1-2H3. The quantitative estimate of drug-likeness (QED) is 0.488. The van der Waals surface area contributed by atoms with Crippen LogP contribution in [0.15, 0.2) is 41.4 Å². The van der Waals surface area contributed by atoms with Crippen LogP contribution in [0.5, 0.6) is 0 Å². The molecule has 1 heterocycles. The second-order valence-electron chi connectivity index (χ2n) is 4.15. The lowest BCUT2D eigenvalue weighted by Gasteiger charge is -1.99. The SMILES string of the molecule is CCOC(=O)C1=C(C)OC(=Cc2cccc(Cl)c2)C1=O. The normalized spacial score (nSPS) is 16.6. The van der Waals surface area contributed by atoms with Gasteiger partial charge in [-0.05, 0) is 37.6 Å². The summed E-state index contributed by atoms with van der Waals surface area (Å²) in [5, 5.41) is 0.556. The van der Waals surface area contributed by atoms with Crippen LogP contribution in [0.25, 0.3) is 6.08 Å². The number of carbonyl (C=O) groups is 2. The lowest BCUT2D eigenvalue weighted by Crippen LogP contribution is -2.14. The monoisotopic (exact) mass is 292 g/mol. The first kappa shape index (κ1) is 14.3. The van der Waals surface area contributed by atoms with E-state index in [1.165, 1.54) is 0 Å². The molecule has 0 bridgehead atoms. The van der Waals surface area contributed by atoms with E-state index in [1.807, 2.05) is 0 Å². The molecule has 0 atom stereocenters. The predicted octanol–water partition coefficient (Wildman–Crippen LogP) is 3.12. The highest BCUT2D eigenvalue weighted by molar-refractivity contribution is 6.30. The molecule has 0 spiro atoms. The Bertz CT molecular complexity index is 629. The van der Waals surface area contributed by atoms with Gasteiger partial charge in [0.25, 0.3) is 0 Å². The molecular weight excluding hydrogens is 280 g/mol. The number of carbonyl (C=O) groups excluding carboxylic acids is 2. The van der Waals surface area contributed by atoms with E-state index >= 15 is 0 Å². The zero-order valence-electron chi connectivity index (χ0n) is 11.1. The Labute approximate surface area is 121 Å². The van der Waals surface area contributed by atoms with Gasteiger partial charge in [0.05, 0.1) is 6.61 Å². The average Bonchev–Trinajstić information content (AvgIpc) is 2.65. The van der Waals surface area contributed by atoms with E-state index in [9.17, 15) is 9.59 Å². The van der Waals surface area contributed by atoms with Crippen LogP contribution < -0.4 is 0 Å². The molecule has 1 aromatic carbocycles. The van der Waals surface area contributed by atoms with Crippen molar-refractivity contribution in [3.63, 3.8) is 0 Å². The molecule has 0 fully saturated rings. The third-order valence-electron chi connectivity index (χ3n) is 2.69. The molecule has 4 nitrogen and oxygen atoms in total. The predicted molar refractivity (Wildman–Crippen MR) is 74.9 cm³/mol. The highest BCUT2D eigenvalue weighted by Crippen LogP contribution is 2.27. The molecule has 0 amide bonds. The van der Waals surface area contributed by atoms with Crippen LogP contribution in [0.2, 0.25) is 5.02 Å². The van der Waals surface area contributed by atoms with E-state index in [-0.39, 0.29) is 23.7 Å². The zero-order valence-corrected chi connectivity index (χ0v) is 11.9. The average molecular weight is 293 g/mol. The number of hydrogen-bond donors (Lipinski definition) is 0. The Kier molecular flexibility index (Phi) is 4.25. The van der Waals surface area contributed by atoms with Gasteiger partial charge in [-0.3, -0.25) is 4.79 Å². The van der Waals surface area contributed by atoms with E-state index < -0.39 is 11.8 Å². The number of benzene rings is 1. The molecule has 0 radical (unpaired) electrons. The highest BCUT2D eigenvalue weighted by Gasteiger charge is 2.34. The van der Waals surface area contributed by atoms with Crippen molar-refractivity contribution in [2.24, 2.45) is 0 Å². The zero-order chi connectivity index (χ0) is 14.7. The van der Waals surface area contributed by atoms with Crippen LogP contribution in [-0.4, -0.2) is 18.4 Å². The fourth-order valence-corrected chi connectivity index (χ4v) is 2.03. The number of halogens is 1. The van der Waals surface area contributed by atoms with Gasteiger partial charge in [0.2, 0.25) is 5.78 Å². The molecule has 104 valence electrons. The summed E-state index contributed by atoms with van der Waals surface area (Å²) in [6.07, 6.45) is 1.55. The van der Waals surface area contributed by atoms with Gasteiger partial charge in [-0.1, -0.05) is 23.7 Å². The first-order valence-electron chi connectivity index (χ1n) is 6.10. The number of hydrogen-bond acceptors (Lipinski definition) is 4. The van der Waals surface area contributed by atoms with Crippen LogP contribution in [0.3, 0.4) is 0 Å². The summed E-state index contributed by atoms with van der Waals surface area (Å²) >= 11 is 5.88.